The molecule has 0 unspecified atom stereocenters. The van der Waals surface area contributed by atoms with E-state index in [-0.39, 0.29) is 0 Å². The Labute approximate surface area is 198 Å². The lowest BCUT2D eigenvalue weighted by atomic mass is 9.27. The first-order valence-electron chi connectivity index (χ1n) is 9.12. The number of benzene rings is 3. The van der Waals surface area contributed by atoms with Crippen molar-refractivity contribution in [1.29, 1.82) is 0 Å². The highest BCUT2D eigenvalue weighted by Gasteiger charge is 2.48. The quantitative estimate of drug-likeness (QED) is 0.0886. The molecule has 0 saturated heterocycles. The van der Waals surface area contributed by atoms with Gasteiger partial charge >= 0.3 is 0 Å². The number of nitrogens with zero attached hydrogens (tertiary/aromatic N) is 1. The predicted octanol–water partition coefficient (Wildman–Crippen LogP) is 3.88. The van der Waals surface area contributed by atoms with Crippen molar-refractivity contribution in [2.75, 3.05) is 0 Å². The van der Waals surface area contributed by atoms with Crippen molar-refractivity contribution in [3.8, 4) is 0 Å². The predicted molar refractivity (Wildman–Crippen MR) is 95.2 cm³/mol. The molecule has 3 rings (SSSR count). The van der Waals surface area contributed by atoms with E-state index in [1.54, 1.807) is 0 Å². The molecule has 0 radical (unpaired) electrons. The van der Waals surface area contributed by atoms with E-state index in [1.165, 1.54) is 0 Å². The normalized spacial score (nSPS) is 11.8. The summed E-state index contributed by atoms with van der Waals surface area (Å²) < 4.78 is 218. The molecule has 0 heterocycles. The highest BCUT2D eigenvalue weighted by molar-refractivity contribution is 7.07. The van der Waals surface area contributed by atoms with E-state index in [2.05, 4.69) is 11.5 Å². The third-order valence-corrected chi connectivity index (χ3v) is 5.23. The highest BCUT2D eigenvalue weighted by atomic mass is 19.2. The fraction of sp³-hybridized carbons (Fsp3) is 0. The SMILES string of the molecule is C=[N+]([O-])O[B-](c1c(F)c(F)c(F)c(F)c1F)(c1c(F)c(F)c(F)c(F)c1F)c1c(F)c(F)c(F)c(F)c1F. The maximum Gasteiger partial charge on any atom is 0.209 e. The minimum atomic E-state index is -6.40. The van der Waals surface area contributed by atoms with E-state index >= 15 is 0 Å². The van der Waals surface area contributed by atoms with Gasteiger partial charge in [-0.3, -0.25) is 5.21 Å². The van der Waals surface area contributed by atoms with E-state index in [1.807, 2.05) is 0 Å². The Morgan fingerprint density at radius 2 is 0.553 bits per heavy atom. The maximum atomic E-state index is 14.9. The second-order valence-electron chi connectivity index (χ2n) is 7.18. The average Bonchev–Trinajstić information content (AvgIpc) is 2.85. The molecule has 0 bridgehead atoms. The van der Waals surface area contributed by atoms with Gasteiger partial charge < -0.3 is 4.76 Å². The van der Waals surface area contributed by atoms with Gasteiger partial charge in [-0.05, 0) is 4.90 Å². The van der Waals surface area contributed by atoms with Crippen LogP contribution in [0.2, 0.25) is 0 Å². The maximum absolute atomic E-state index is 14.9. The summed E-state index contributed by atoms with van der Waals surface area (Å²) in [7, 11) is 0. The van der Waals surface area contributed by atoms with Crippen LogP contribution in [-0.2, 0) is 4.76 Å². The van der Waals surface area contributed by atoms with Crippen LogP contribution in [0.3, 0.4) is 0 Å². The fourth-order valence-corrected chi connectivity index (χ4v) is 3.70. The molecule has 0 aliphatic carbocycles. The van der Waals surface area contributed by atoms with E-state index in [9.17, 15) is 71.1 Å². The van der Waals surface area contributed by atoms with E-state index in [4.69, 9.17) is 0 Å². The summed E-state index contributed by atoms with van der Waals surface area (Å²) >= 11 is 0. The summed E-state index contributed by atoms with van der Waals surface area (Å²) in [4.78, 5) is -1.56. The van der Waals surface area contributed by atoms with Crippen molar-refractivity contribution in [2.45, 2.75) is 0 Å². The molecule has 0 aliphatic heterocycles. The summed E-state index contributed by atoms with van der Waals surface area (Å²) in [6.07, 6.45) is -6.40. The summed E-state index contributed by atoms with van der Waals surface area (Å²) in [5, 5.41) is 11.6. The largest absolute Gasteiger partial charge is 0.588 e. The molecule has 0 N–H and O–H groups in total. The Hall–Kier alpha value is -4.06. The van der Waals surface area contributed by atoms with E-state index in [0.29, 0.717) is 0 Å². The van der Waals surface area contributed by atoms with Gasteiger partial charge in [-0.1, -0.05) is 0 Å². The Kier molecular flexibility index (Phi) is 7.02. The molecule has 0 atom stereocenters. The molecule has 0 aromatic heterocycles. The fourth-order valence-electron chi connectivity index (χ4n) is 3.70. The highest BCUT2D eigenvalue weighted by Crippen LogP contribution is 2.28. The molecule has 19 heteroatoms. The van der Waals surface area contributed by atoms with Crippen molar-refractivity contribution >= 4 is 29.5 Å². The van der Waals surface area contributed by atoms with Crippen LogP contribution in [0.4, 0.5) is 65.9 Å². The Balaban J connectivity index is 2.91. The standard InChI is InChI=1S/C19H2BF15NO2/c1-36(37)38-20(2-5(21)11(27)17(33)12(28)6(2)22,3-7(23)13(29)18(34)14(30)8(3)24)4-9(25)15(31)19(35)16(32)10(4)26/h1H2/q-1. The van der Waals surface area contributed by atoms with Crippen molar-refractivity contribution in [2.24, 2.45) is 0 Å². The van der Waals surface area contributed by atoms with Crippen LogP contribution < -0.4 is 16.4 Å². The number of rotatable bonds is 5. The Bertz CT molecular complexity index is 1290. The first-order valence-corrected chi connectivity index (χ1v) is 9.12. The summed E-state index contributed by atoms with van der Waals surface area (Å²) in [6, 6.07) is 0. The van der Waals surface area contributed by atoms with Crippen molar-refractivity contribution in [1.82, 2.24) is 0 Å². The topological polar surface area (TPSA) is 35.3 Å². The zero-order valence-electron chi connectivity index (χ0n) is 17.2. The molecule has 204 valence electrons. The third-order valence-electron chi connectivity index (χ3n) is 5.23. The van der Waals surface area contributed by atoms with Gasteiger partial charge in [0.05, 0.1) is 0 Å². The molecule has 3 nitrogen and oxygen atoms in total. The third kappa shape index (κ3) is 3.70. The minimum Gasteiger partial charge on any atom is -0.588 e. The smallest absolute Gasteiger partial charge is 0.209 e. The van der Waals surface area contributed by atoms with Crippen molar-refractivity contribution in [3.05, 3.63) is 92.5 Å². The second-order valence-corrected chi connectivity index (χ2v) is 7.18. The van der Waals surface area contributed by atoms with Gasteiger partial charge in [-0.25, -0.2) is 65.9 Å². The lowest BCUT2D eigenvalue weighted by Crippen LogP contribution is -2.75. The van der Waals surface area contributed by atoms with Crippen LogP contribution in [0, 0.1) is 92.5 Å². The monoisotopic (exact) mass is 572 g/mol. The zero-order chi connectivity index (χ0) is 29.2. The molecular formula is C19H2BF15NO2-. The molecule has 0 aliphatic rings. The first-order chi connectivity index (χ1) is 17.4. The second kappa shape index (κ2) is 9.36. The minimum absolute atomic E-state index is 1.56. The molecule has 0 saturated carbocycles. The summed E-state index contributed by atoms with van der Waals surface area (Å²) in [5.41, 5.74) is -9.26. The Morgan fingerprint density at radius 1 is 0.395 bits per heavy atom. The van der Waals surface area contributed by atoms with Gasteiger partial charge in [-0.2, -0.15) is 0 Å². The van der Waals surface area contributed by atoms with Gasteiger partial charge in [-0.15, -0.1) is 16.4 Å². The van der Waals surface area contributed by atoms with Crippen LogP contribution in [0.1, 0.15) is 0 Å². The van der Waals surface area contributed by atoms with E-state index < -0.39 is 115 Å². The van der Waals surface area contributed by atoms with Crippen LogP contribution in [0.5, 0.6) is 0 Å². The van der Waals surface area contributed by atoms with Crippen molar-refractivity contribution in [3.63, 3.8) is 0 Å². The molecular weight excluding hydrogens is 570 g/mol. The molecule has 3 aromatic rings. The van der Waals surface area contributed by atoms with Gasteiger partial charge in [0.1, 0.15) is 34.9 Å². The molecule has 3 aromatic carbocycles. The van der Waals surface area contributed by atoms with Gasteiger partial charge in [0.15, 0.2) is 59.1 Å². The van der Waals surface area contributed by atoms with Gasteiger partial charge in [0, 0.05) is 0 Å². The van der Waals surface area contributed by atoms with Crippen LogP contribution in [-0.4, -0.2) is 18.0 Å². The lowest BCUT2D eigenvalue weighted by molar-refractivity contribution is -0.695. The molecule has 0 amide bonds. The van der Waals surface area contributed by atoms with Crippen molar-refractivity contribution < 1.29 is 75.5 Å². The van der Waals surface area contributed by atoms with Crippen LogP contribution >= 0.6 is 0 Å². The molecule has 0 fully saturated rings. The number of hydrogen-bond donors (Lipinski definition) is 0. The summed E-state index contributed by atoms with van der Waals surface area (Å²) in [6.45, 7) is 2.22. The van der Waals surface area contributed by atoms with Crippen LogP contribution in [0.25, 0.3) is 0 Å². The number of hydrogen-bond acceptors (Lipinski definition) is 2. The number of halogens is 15. The Morgan fingerprint density at radius 3 is 0.711 bits per heavy atom. The molecule has 38 heavy (non-hydrogen) atoms. The van der Waals surface area contributed by atoms with E-state index in [0.717, 1.165) is 0 Å². The average molecular weight is 572 g/mol. The first kappa shape index (κ1) is 28.5. The lowest BCUT2D eigenvalue weighted by Gasteiger charge is -2.45. The van der Waals surface area contributed by atoms with Crippen LogP contribution in [0.15, 0.2) is 0 Å². The van der Waals surface area contributed by atoms with Gasteiger partial charge in [0.2, 0.25) is 6.35 Å². The van der Waals surface area contributed by atoms with Gasteiger partial charge in [0.25, 0.3) is 0 Å². The zero-order valence-corrected chi connectivity index (χ0v) is 17.2. The summed E-state index contributed by atoms with van der Waals surface area (Å²) in [5.74, 6) is -48.5. The molecule has 0 spiro atoms.